The molecule has 1 atom stereocenters. The van der Waals surface area contributed by atoms with Crippen LogP contribution in [0.4, 0.5) is 0 Å². The van der Waals surface area contributed by atoms with Gasteiger partial charge in [0.15, 0.2) is 0 Å². The predicted octanol–water partition coefficient (Wildman–Crippen LogP) is 3.76. The van der Waals surface area contributed by atoms with Crippen LogP contribution in [0.2, 0.25) is 0 Å². The van der Waals surface area contributed by atoms with Crippen molar-refractivity contribution in [3.63, 3.8) is 0 Å². The molecule has 0 N–H and O–H groups in total. The van der Waals surface area contributed by atoms with Crippen molar-refractivity contribution in [2.75, 3.05) is 13.1 Å². The fourth-order valence-electron chi connectivity index (χ4n) is 4.88. The van der Waals surface area contributed by atoms with Crippen molar-refractivity contribution in [2.45, 2.75) is 38.3 Å². The molecule has 5 heterocycles. The van der Waals surface area contributed by atoms with Gasteiger partial charge in [-0.1, -0.05) is 12.5 Å². The Balaban J connectivity index is 1.41. The van der Waals surface area contributed by atoms with Crippen molar-refractivity contribution in [1.82, 2.24) is 23.8 Å². The summed E-state index contributed by atoms with van der Waals surface area (Å²) in [5.74, 6) is 1.27. The lowest BCUT2D eigenvalue weighted by atomic mass is 10.00. The first kappa shape index (κ1) is 15.4. The van der Waals surface area contributed by atoms with Crippen molar-refractivity contribution < 1.29 is 0 Å². The molecule has 1 aromatic carbocycles. The number of fused-ring (bicyclic) bond motifs is 5. The van der Waals surface area contributed by atoms with E-state index in [1.54, 1.807) is 0 Å². The first-order valence-electron chi connectivity index (χ1n) is 10.0. The van der Waals surface area contributed by atoms with Crippen LogP contribution in [-0.4, -0.2) is 43.0 Å². The monoisotopic (exact) mass is 357 g/mol. The summed E-state index contributed by atoms with van der Waals surface area (Å²) in [5, 5.41) is 0. The van der Waals surface area contributed by atoms with Gasteiger partial charge >= 0.3 is 0 Å². The Hall–Kier alpha value is -2.66. The lowest BCUT2D eigenvalue weighted by molar-refractivity contribution is 0.152. The van der Waals surface area contributed by atoms with Gasteiger partial charge in [0.1, 0.15) is 11.5 Å². The van der Waals surface area contributed by atoms with Crippen LogP contribution >= 0.6 is 0 Å². The molecule has 0 amide bonds. The number of imidazole rings is 2. The zero-order chi connectivity index (χ0) is 17.8. The Kier molecular flexibility index (Phi) is 3.38. The van der Waals surface area contributed by atoms with Crippen LogP contribution < -0.4 is 0 Å². The predicted molar refractivity (Wildman–Crippen MR) is 107 cm³/mol. The molecule has 2 aliphatic heterocycles. The minimum Gasteiger partial charge on any atom is -0.327 e. The first-order valence-corrected chi connectivity index (χ1v) is 10.0. The fourth-order valence-corrected chi connectivity index (χ4v) is 4.88. The van der Waals surface area contributed by atoms with Crippen LogP contribution in [0.5, 0.6) is 0 Å². The van der Waals surface area contributed by atoms with Gasteiger partial charge in [0, 0.05) is 44.1 Å². The van der Waals surface area contributed by atoms with Crippen LogP contribution in [0.3, 0.4) is 0 Å². The molecule has 5 heteroatoms. The number of pyridine rings is 1. The number of nitrogens with zero attached hydrogens (tertiary/aromatic N) is 5. The summed E-state index contributed by atoms with van der Waals surface area (Å²) in [4.78, 5) is 12.1. The highest BCUT2D eigenvalue weighted by Crippen LogP contribution is 2.29. The van der Waals surface area contributed by atoms with Gasteiger partial charge in [-0.15, -0.1) is 0 Å². The maximum Gasteiger partial charge on any atom is 0.136 e. The minimum atomic E-state index is 0.680. The van der Waals surface area contributed by atoms with Gasteiger partial charge < -0.3 is 8.97 Å². The Bertz CT molecular complexity index is 1140. The van der Waals surface area contributed by atoms with Gasteiger partial charge in [0.25, 0.3) is 0 Å². The largest absolute Gasteiger partial charge is 0.327 e. The number of rotatable bonds is 1. The smallest absolute Gasteiger partial charge is 0.136 e. The van der Waals surface area contributed by atoms with Crippen LogP contribution in [0, 0.1) is 0 Å². The van der Waals surface area contributed by atoms with E-state index in [0.29, 0.717) is 6.04 Å². The summed E-state index contributed by atoms with van der Waals surface area (Å²) in [5.41, 5.74) is 5.79. The highest BCUT2D eigenvalue weighted by Gasteiger charge is 2.27. The maximum atomic E-state index is 5.06. The number of piperidine rings is 1. The van der Waals surface area contributed by atoms with Crippen LogP contribution in [0.1, 0.15) is 25.1 Å². The molecule has 0 saturated carbocycles. The van der Waals surface area contributed by atoms with E-state index in [0.717, 1.165) is 30.7 Å². The molecule has 4 aromatic rings. The standard InChI is InChI=1S/C22H23N5/c1-2-9-25-11-12-27-20-6-4-16(13-19(20)24-22(27)14-18(25)3-1)17-5-7-21-23-8-10-26(21)15-17/h4-8,10,13,15,18H,1-3,9,11-12,14H2/t18-/m0/s1. The number of hydrogen-bond acceptors (Lipinski definition) is 3. The molecule has 27 heavy (non-hydrogen) atoms. The SMILES string of the molecule is c1cn2cc(-c3ccc4c(c3)nc3n4CCN4CCCC[C@H]4C3)ccc2n1. The fraction of sp³-hybridized carbons (Fsp3) is 0.364. The van der Waals surface area contributed by atoms with Crippen molar-refractivity contribution in [3.05, 3.63) is 54.7 Å². The van der Waals surface area contributed by atoms with Gasteiger partial charge in [0.2, 0.25) is 0 Å². The van der Waals surface area contributed by atoms with Gasteiger partial charge in [-0.3, -0.25) is 4.90 Å². The summed E-state index contributed by atoms with van der Waals surface area (Å²) in [6.07, 6.45) is 11.1. The molecule has 5 nitrogen and oxygen atoms in total. The topological polar surface area (TPSA) is 38.4 Å². The molecule has 136 valence electrons. The van der Waals surface area contributed by atoms with Crippen molar-refractivity contribution in [2.24, 2.45) is 0 Å². The van der Waals surface area contributed by atoms with Crippen LogP contribution in [-0.2, 0) is 13.0 Å². The quantitative estimate of drug-likeness (QED) is 0.521. The molecule has 0 aliphatic carbocycles. The Morgan fingerprint density at radius 3 is 2.93 bits per heavy atom. The third kappa shape index (κ3) is 2.49. The molecule has 1 fully saturated rings. The van der Waals surface area contributed by atoms with Crippen LogP contribution in [0.25, 0.3) is 27.8 Å². The van der Waals surface area contributed by atoms with Crippen molar-refractivity contribution in [3.8, 4) is 11.1 Å². The third-order valence-electron chi connectivity index (χ3n) is 6.33. The Labute approximate surface area is 158 Å². The molecule has 0 unspecified atom stereocenters. The van der Waals surface area contributed by atoms with E-state index >= 15 is 0 Å². The van der Waals surface area contributed by atoms with E-state index in [1.165, 1.54) is 48.3 Å². The zero-order valence-corrected chi connectivity index (χ0v) is 15.4. The molecular weight excluding hydrogens is 334 g/mol. The second kappa shape index (κ2) is 5.92. The van der Waals surface area contributed by atoms with Gasteiger partial charge in [-0.25, -0.2) is 9.97 Å². The average molecular weight is 357 g/mol. The second-order valence-electron chi connectivity index (χ2n) is 7.88. The van der Waals surface area contributed by atoms with E-state index in [2.05, 4.69) is 55.4 Å². The highest BCUT2D eigenvalue weighted by molar-refractivity contribution is 5.82. The maximum absolute atomic E-state index is 5.06. The summed E-state index contributed by atoms with van der Waals surface area (Å²) < 4.78 is 4.52. The van der Waals surface area contributed by atoms with Gasteiger partial charge in [0.05, 0.1) is 11.0 Å². The third-order valence-corrected chi connectivity index (χ3v) is 6.33. The lowest BCUT2D eigenvalue weighted by Crippen LogP contribution is -2.40. The Morgan fingerprint density at radius 1 is 0.963 bits per heavy atom. The highest BCUT2D eigenvalue weighted by atomic mass is 15.2. The first-order chi connectivity index (χ1) is 13.3. The average Bonchev–Trinajstić information content (AvgIpc) is 3.25. The van der Waals surface area contributed by atoms with E-state index in [1.807, 2.05) is 12.4 Å². The molecular formula is C22H23N5. The molecule has 1 saturated heterocycles. The molecule has 0 bridgehead atoms. The van der Waals surface area contributed by atoms with Crippen molar-refractivity contribution >= 4 is 16.7 Å². The number of benzene rings is 1. The molecule has 6 rings (SSSR count). The van der Waals surface area contributed by atoms with E-state index < -0.39 is 0 Å². The molecule has 2 aliphatic rings. The summed E-state index contributed by atoms with van der Waals surface area (Å²) in [6, 6.07) is 11.6. The van der Waals surface area contributed by atoms with Gasteiger partial charge in [-0.2, -0.15) is 0 Å². The van der Waals surface area contributed by atoms with Crippen molar-refractivity contribution in [1.29, 1.82) is 0 Å². The summed E-state index contributed by atoms with van der Waals surface area (Å²) >= 11 is 0. The number of hydrogen-bond donors (Lipinski definition) is 0. The van der Waals surface area contributed by atoms with Gasteiger partial charge in [-0.05, 0) is 54.8 Å². The van der Waals surface area contributed by atoms with Crippen LogP contribution in [0.15, 0.2) is 48.9 Å². The van der Waals surface area contributed by atoms with E-state index in [-0.39, 0.29) is 0 Å². The van der Waals surface area contributed by atoms with E-state index in [9.17, 15) is 0 Å². The van der Waals surface area contributed by atoms with E-state index in [4.69, 9.17) is 4.98 Å². The lowest BCUT2D eigenvalue weighted by Gasteiger charge is -2.33. The summed E-state index contributed by atoms with van der Waals surface area (Å²) in [7, 11) is 0. The second-order valence-corrected chi connectivity index (χ2v) is 7.88. The summed E-state index contributed by atoms with van der Waals surface area (Å²) in [6.45, 7) is 3.47. The number of aromatic nitrogens is 4. The molecule has 0 radical (unpaired) electrons. The Morgan fingerprint density at radius 2 is 1.93 bits per heavy atom. The molecule has 3 aromatic heterocycles. The molecule has 0 spiro atoms. The zero-order valence-electron chi connectivity index (χ0n) is 15.4. The minimum absolute atomic E-state index is 0.680. The normalized spacial score (nSPS) is 20.5.